The lowest BCUT2D eigenvalue weighted by Gasteiger charge is -2.45. The van der Waals surface area contributed by atoms with E-state index in [1.54, 1.807) is 30.1 Å². The Balaban J connectivity index is 1.49. The summed E-state index contributed by atoms with van der Waals surface area (Å²) in [6.45, 7) is 1.78. The third-order valence-electron chi connectivity index (χ3n) is 6.74. The number of hydrogen-bond acceptors (Lipinski definition) is 6. The van der Waals surface area contributed by atoms with Gasteiger partial charge < -0.3 is 9.47 Å². The predicted octanol–water partition coefficient (Wildman–Crippen LogP) is 3.74. The molecule has 0 bridgehead atoms. The van der Waals surface area contributed by atoms with Crippen LogP contribution in [0.1, 0.15) is 17.7 Å². The van der Waals surface area contributed by atoms with Gasteiger partial charge in [0.1, 0.15) is 15.9 Å². The van der Waals surface area contributed by atoms with Crippen molar-refractivity contribution in [3.63, 3.8) is 0 Å². The summed E-state index contributed by atoms with van der Waals surface area (Å²) in [7, 11) is -2.16. The highest BCUT2D eigenvalue weighted by Gasteiger charge is 2.46. The lowest BCUT2D eigenvalue weighted by molar-refractivity contribution is 0.0147. The SMILES string of the molecule is COCCOCC12Cc3cnn(-c4ccc(F)cc4)c3C=C1CCN(S(=O)(=O)c1ccc(Cl)nc1)C2. The molecule has 0 radical (unpaired) electrons. The van der Waals surface area contributed by atoms with E-state index in [-0.39, 0.29) is 22.4 Å². The lowest BCUT2D eigenvalue weighted by atomic mass is 9.69. The van der Waals surface area contributed by atoms with Gasteiger partial charge in [-0.25, -0.2) is 22.5 Å². The first-order chi connectivity index (χ1) is 17.3. The van der Waals surface area contributed by atoms with Gasteiger partial charge in [-0.15, -0.1) is 0 Å². The van der Waals surface area contributed by atoms with Gasteiger partial charge >= 0.3 is 0 Å². The number of pyridine rings is 1. The summed E-state index contributed by atoms with van der Waals surface area (Å²) in [5.41, 5.74) is 3.21. The molecule has 1 aromatic carbocycles. The van der Waals surface area contributed by atoms with Crippen molar-refractivity contribution in [3.05, 3.63) is 76.6 Å². The first-order valence-electron chi connectivity index (χ1n) is 11.5. The van der Waals surface area contributed by atoms with Crippen LogP contribution in [-0.2, 0) is 25.9 Å². The molecule has 2 aromatic heterocycles. The summed E-state index contributed by atoms with van der Waals surface area (Å²) in [5.74, 6) is -0.310. The number of benzene rings is 1. The number of halogens is 2. The molecule has 1 fully saturated rings. The van der Waals surface area contributed by atoms with Crippen molar-refractivity contribution < 1.29 is 22.3 Å². The van der Waals surface area contributed by atoms with Crippen molar-refractivity contribution in [3.8, 4) is 5.69 Å². The topological polar surface area (TPSA) is 86.5 Å². The lowest BCUT2D eigenvalue weighted by Crippen LogP contribution is -2.51. The molecule has 11 heteroatoms. The molecule has 3 heterocycles. The Morgan fingerprint density at radius 2 is 1.94 bits per heavy atom. The molecule has 0 amide bonds. The second-order valence-electron chi connectivity index (χ2n) is 9.02. The van der Waals surface area contributed by atoms with Crippen LogP contribution in [0.2, 0.25) is 5.15 Å². The number of hydrogen-bond donors (Lipinski definition) is 0. The number of aromatic nitrogens is 3. The third-order valence-corrected chi connectivity index (χ3v) is 8.79. The smallest absolute Gasteiger partial charge is 0.244 e. The Morgan fingerprint density at radius 3 is 2.67 bits per heavy atom. The Kier molecular flexibility index (Phi) is 6.97. The van der Waals surface area contributed by atoms with Crippen LogP contribution in [0, 0.1) is 11.2 Å². The monoisotopic (exact) mass is 532 g/mol. The zero-order valence-corrected chi connectivity index (χ0v) is 21.3. The molecule has 1 atom stereocenters. The van der Waals surface area contributed by atoms with E-state index in [9.17, 15) is 12.8 Å². The summed E-state index contributed by atoms with van der Waals surface area (Å²) in [5, 5.41) is 4.79. The zero-order chi connectivity index (χ0) is 25.3. The molecular formula is C25H26ClFN4O4S. The van der Waals surface area contributed by atoms with E-state index in [0.29, 0.717) is 39.2 Å². The van der Waals surface area contributed by atoms with Crippen molar-refractivity contribution in [2.75, 3.05) is 40.0 Å². The summed E-state index contributed by atoms with van der Waals surface area (Å²) < 4.78 is 54.8. The van der Waals surface area contributed by atoms with Crippen molar-refractivity contribution in [1.29, 1.82) is 0 Å². The molecule has 1 aliphatic carbocycles. The molecule has 0 spiro atoms. The number of fused-ring (bicyclic) bond motifs is 2. The third kappa shape index (κ3) is 4.71. The molecule has 1 aliphatic heterocycles. The van der Waals surface area contributed by atoms with Crippen molar-refractivity contribution >= 4 is 27.7 Å². The van der Waals surface area contributed by atoms with Gasteiger partial charge in [0.05, 0.1) is 37.4 Å². The van der Waals surface area contributed by atoms with E-state index in [4.69, 9.17) is 21.1 Å². The molecule has 8 nitrogen and oxygen atoms in total. The molecule has 1 unspecified atom stereocenters. The van der Waals surface area contributed by atoms with Crippen molar-refractivity contribution in [2.24, 2.45) is 5.41 Å². The quantitative estimate of drug-likeness (QED) is 0.324. The van der Waals surface area contributed by atoms with E-state index in [0.717, 1.165) is 22.5 Å². The van der Waals surface area contributed by atoms with Gasteiger partial charge in [0.2, 0.25) is 10.0 Å². The fraction of sp³-hybridized carbons (Fsp3) is 0.360. The minimum Gasteiger partial charge on any atom is -0.382 e. The average Bonchev–Trinajstić information content (AvgIpc) is 3.27. The van der Waals surface area contributed by atoms with Crippen molar-refractivity contribution in [2.45, 2.75) is 17.7 Å². The van der Waals surface area contributed by atoms with Crippen LogP contribution in [0.25, 0.3) is 11.8 Å². The van der Waals surface area contributed by atoms with Gasteiger partial charge in [0.25, 0.3) is 0 Å². The minimum atomic E-state index is -3.77. The second-order valence-corrected chi connectivity index (χ2v) is 11.3. The van der Waals surface area contributed by atoms with Crippen molar-refractivity contribution in [1.82, 2.24) is 19.1 Å². The Labute approximate surface area is 214 Å². The zero-order valence-electron chi connectivity index (χ0n) is 19.7. The van der Waals surface area contributed by atoms with Crippen LogP contribution in [0.5, 0.6) is 0 Å². The Hall–Kier alpha value is -2.63. The second kappa shape index (κ2) is 10.0. The van der Waals surface area contributed by atoms with Gasteiger partial charge in [-0.1, -0.05) is 17.2 Å². The molecule has 190 valence electrons. The molecule has 36 heavy (non-hydrogen) atoms. The van der Waals surface area contributed by atoms with Gasteiger partial charge in [-0.2, -0.15) is 9.40 Å². The largest absolute Gasteiger partial charge is 0.382 e. The average molecular weight is 533 g/mol. The van der Waals surface area contributed by atoms with Gasteiger partial charge in [-0.05, 0) is 60.9 Å². The maximum Gasteiger partial charge on any atom is 0.244 e. The van der Waals surface area contributed by atoms with Crippen LogP contribution >= 0.6 is 11.6 Å². The van der Waals surface area contributed by atoms with Crippen LogP contribution < -0.4 is 0 Å². The highest BCUT2D eigenvalue weighted by Crippen LogP contribution is 2.45. The van der Waals surface area contributed by atoms with E-state index < -0.39 is 15.4 Å². The maximum atomic E-state index is 13.5. The summed E-state index contributed by atoms with van der Waals surface area (Å²) in [6.07, 6.45) is 6.27. The predicted molar refractivity (Wildman–Crippen MR) is 133 cm³/mol. The highest BCUT2D eigenvalue weighted by atomic mass is 35.5. The number of methoxy groups -OCH3 is 1. The molecular weight excluding hydrogens is 507 g/mol. The Morgan fingerprint density at radius 1 is 1.14 bits per heavy atom. The minimum absolute atomic E-state index is 0.107. The number of piperidine rings is 1. The fourth-order valence-electron chi connectivity index (χ4n) is 4.89. The molecule has 5 rings (SSSR count). The molecule has 0 saturated carbocycles. The first-order valence-corrected chi connectivity index (χ1v) is 13.4. The van der Waals surface area contributed by atoms with Gasteiger partial charge in [-0.3, -0.25) is 0 Å². The van der Waals surface area contributed by atoms with Gasteiger partial charge in [0, 0.05) is 31.8 Å². The van der Waals surface area contributed by atoms with Crippen LogP contribution in [-0.4, -0.2) is 67.5 Å². The molecule has 3 aromatic rings. The highest BCUT2D eigenvalue weighted by molar-refractivity contribution is 7.89. The summed E-state index contributed by atoms with van der Waals surface area (Å²) in [4.78, 5) is 4.06. The van der Waals surface area contributed by atoms with E-state index >= 15 is 0 Å². The van der Waals surface area contributed by atoms with E-state index in [1.165, 1.54) is 34.8 Å². The summed E-state index contributed by atoms with van der Waals surface area (Å²) >= 11 is 5.87. The number of sulfonamides is 1. The van der Waals surface area contributed by atoms with Gasteiger partial charge in [0.15, 0.2) is 0 Å². The van der Waals surface area contributed by atoms with E-state index in [1.807, 2.05) is 0 Å². The number of rotatable bonds is 8. The normalized spacial score (nSPS) is 20.0. The molecule has 1 saturated heterocycles. The number of nitrogens with zero attached hydrogens (tertiary/aromatic N) is 4. The van der Waals surface area contributed by atoms with Crippen LogP contribution in [0.3, 0.4) is 0 Å². The fourth-order valence-corrected chi connectivity index (χ4v) is 6.48. The Bertz CT molecular complexity index is 1380. The number of ether oxygens (including phenoxy) is 2. The summed E-state index contributed by atoms with van der Waals surface area (Å²) in [6, 6.07) is 9.14. The maximum absolute atomic E-state index is 13.5. The molecule has 0 N–H and O–H groups in total. The van der Waals surface area contributed by atoms with E-state index in [2.05, 4.69) is 16.2 Å². The molecule has 2 aliphatic rings. The van der Waals surface area contributed by atoms with Crippen LogP contribution in [0.15, 0.2) is 59.3 Å². The standard InChI is InChI=1S/C25H26ClFN4O4S/c1-34-10-11-35-17-25-13-18-14-29-31(21-4-2-20(27)3-5-21)23(18)12-19(25)8-9-30(16-25)36(32,33)22-6-7-24(26)28-15-22/h2-7,12,14-15H,8-11,13,16-17H2,1H3. The van der Waals surface area contributed by atoms with Crippen LogP contribution in [0.4, 0.5) is 4.39 Å². The first kappa shape index (κ1) is 25.0.